The van der Waals surface area contributed by atoms with Crippen LogP contribution in [0.3, 0.4) is 0 Å². The molecule has 2 atom stereocenters. The first-order chi connectivity index (χ1) is 13.4. The number of nitrogens with one attached hydrogen (secondary N) is 1. The van der Waals surface area contributed by atoms with Crippen LogP contribution in [0.15, 0.2) is 48.5 Å². The van der Waals surface area contributed by atoms with E-state index in [4.69, 9.17) is 9.47 Å². The largest absolute Gasteiger partial charge is 0.469 e. The van der Waals surface area contributed by atoms with Gasteiger partial charge in [-0.1, -0.05) is 62.4 Å². The Bertz CT molecular complexity index is 875. The summed E-state index contributed by atoms with van der Waals surface area (Å²) in [5.41, 5.74) is 4.43. The maximum absolute atomic E-state index is 12.4. The predicted molar refractivity (Wildman–Crippen MR) is 106 cm³/mol. The van der Waals surface area contributed by atoms with Crippen molar-refractivity contribution in [2.45, 2.75) is 32.2 Å². The second kappa shape index (κ2) is 6.97. The van der Waals surface area contributed by atoms with Crippen LogP contribution in [0, 0.1) is 11.3 Å². The number of esters is 1. The molecular weight excluding hydrogens is 354 g/mol. The van der Waals surface area contributed by atoms with Crippen molar-refractivity contribution in [1.29, 1.82) is 0 Å². The van der Waals surface area contributed by atoms with Gasteiger partial charge < -0.3 is 14.8 Å². The van der Waals surface area contributed by atoms with Crippen molar-refractivity contribution in [3.63, 3.8) is 0 Å². The SMILES string of the molecule is COC(=O)C1CC(NC(=O)OCC2c3ccccc3-c3ccccc32)C1(C)C. The van der Waals surface area contributed by atoms with Crippen molar-refractivity contribution in [2.24, 2.45) is 11.3 Å². The van der Waals surface area contributed by atoms with Crippen molar-refractivity contribution in [3.8, 4) is 11.1 Å². The summed E-state index contributed by atoms with van der Waals surface area (Å²) in [4.78, 5) is 24.2. The van der Waals surface area contributed by atoms with Crippen molar-refractivity contribution in [2.75, 3.05) is 13.7 Å². The zero-order valence-electron chi connectivity index (χ0n) is 16.4. The van der Waals surface area contributed by atoms with Crippen molar-refractivity contribution < 1.29 is 19.1 Å². The van der Waals surface area contributed by atoms with E-state index in [-0.39, 0.29) is 35.9 Å². The second-order valence-electron chi connectivity index (χ2n) is 8.16. The van der Waals surface area contributed by atoms with E-state index < -0.39 is 6.09 Å². The highest BCUT2D eigenvalue weighted by atomic mass is 16.5. The number of carbonyl (C=O) groups is 2. The van der Waals surface area contributed by atoms with Gasteiger partial charge in [0.1, 0.15) is 6.61 Å². The summed E-state index contributed by atoms with van der Waals surface area (Å²) >= 11 is 0. The highest BCUT2D eigenvalue weighted by molar-refractivity contribution is 5.79. The van der Waals surface area contributed by atoms with E-state index in [1.807, 2.05) is 38.1 Å². The van der Waals surface area contributed by atoms with E-state index in [1.165, 1.54) is 29.4 Å². The number of benzene rings is 2. The van der Waals surface area contributed by atoms with Crippen LogP contribution in [0.1, 0.15) is 37.3 Å². The summed E-state index contributed by atoms with van der Waals surface area (Å²) in [5.74, 6) is -0.387. The molecule has 0 heterocycles. The van der Waals surface area contributed by atoms with Gasteiger partial charge in [-0.25, -0.2) is 4.79 Å². The Morgan fingerprint density at radius 3 is 2.14 bits per heavy atom. The van der Waals surface area contributed by atoms with E-state index in [2.05, 4.69) is 29.6 Å². The standard InChI is InChI=1S/C23H25NO4/c1-23(2)19(21(25)27-3)12-20(23)24-22(26)28-13-18-16-10-6-4-8-14(16)15-9-5-7-11-17(15)18/h4-11,18-20H,12-13H2,1-3H3,(H,24,26). The number of hydrogen-bond acceptors (Lipinski definition) is 4. The molecule has 2 aliphatic carbocycles. The molecule has 1 N–H and O–H groups in total. The predicted octanol–water partition coefficient (Wildman–Crippen LogP) is 4.11. The van der Waals surface area contributed by atoms with Gasteiger partial charge in [0.2, 0.25) is 0 Å². The molecule has 0 aromatic heterocycles. The average molecular weight is 379 g/mol. The lowest BCUT2D eigenvalue weighted by Crippen LogP contribution is -2.60. The maximum atomic E-state index is 12.4. The van der Waals surface area contributed by atoms with Crippen molar-refractivity contribution in [1.82, 2.24) is 5.32 Å². The molecule has 1 fully saturated rings. The van der Waals surface area contributed by atoms with Gasteiger partial charge in [0, 0.05) is 12.0 Å². The minimum atomic E-state index is -0.441. The highest BCUT2D eigenvalue weighted by Gasteiger charge is 2.53. The van der Waals surface area contributed by atoms with Gasteiger partial charge in [-0.3, -0.25) is 4.79 Å². The van der Waals surface area contributed by atoms with Crippen LogP contribution in [-0.2, 0) is 14.3 Å². The molecule has 28 heavy (non-hydrogen) atoms. The molecular formula is C23H25NO4. The van der Waals surface area contributed by atoms with Crippen LogP contribution in [0.2, 0.25) is 0 Å². The molecule has 2 unspecified atom stereocenters. The van der Waals surface area contributed by atoms with Gasteiger partial charge in [-0.2, -0.15) is 0 Å². The number of amides is 1. The molecule has 2 aliphatic rings. The molecule has 0 aliphatic heterocycles. The molecule has 0 spiro atoms. The molecule has 2 aromatic carbocycles. The monoisotopic (exact) mass is 379 g/mol. The van der Waals surface area contributed by atoms with Crippen LogP contribution >= 0.6 is 0 Å². The Morgan fingerprint density at radius 1 is 1.04 bits per heavy atom. The molecule has 1 saturated carbocycles. The Kier molecular flexibility index (Phi) is 4.61. The topological polar surface area (TPSA) is 64.6 Å². The molecule has 4 rings (SSSR count). The third kappa shape index (κ3) is 2.95. The maximum Gasteiger partial charge on any atom is 0.407 e. The molecule has 0 saturated heterocycles. The van der Waals surface area contributed by atoms with E-state index >= 15 is 0 Å². The highest BCUT2D eigenvalue weighted by Crippen LogP contribution is 2.47. The van der Waals surface area contributed by atoms with E-state index in [9.17, 15) is 9.59 Å². The number of fused-ring (bicyclic) bond motifs is 3. The van der Waals surface area contributed by atoms with Crippen LogP contribution in [0.5, 0.6) is 0 Å². The number of carbonyl (C=O) groups excluding carboxylic acids is 2. The first kappa shape index (κ1) is 18.5. The van der Waals surface area contributed by atoms with Crippen molar-refractivity contribution in [3.05, 3.63) is 59.7 Å². The van der Waals surface area contributed by atoms with Gasteiger partial charge in [-0.15, -0.1) is 0 Å². The molecule has 0 radical (unpaired) electrons. The zero-order chi connectivity index (χ0) is 19.9. The van der Waals surface area contributed by atoms with Crippen LogP contribution in [0.4, 0.5) is 4.79 Å². The summed E-state index contributed by atoms with van der Waals surface area (Å²) < 4.78 is 10.4. The number of ether oxygens (including phenoxy) is 2. The van der Waals surface area contributed by atoms with E-state index in [1.54, 1.807) is 0 Å². The fourth-order valence-corrected chi connectivity index (χ4v) is 4.50. The lowest BCUT2D eigenvalue weighted by Gasteiger charge is -2.50. The fourth-order valence-electron chi connectivity index (χ4n) is 4.50. The number of hydrogen-bond donors (Lipinski definition) is 1. The molecule has 0 bridgehead atoms. The van der Waals surface area contributed by atoms with E-state index in [0.717, 1.165) is 0 Å². The third-order valence-corrected chi connectivity index (χ3v) is 6.39. The Labute approximate surface area is 165 Å². The summed E-state index contributed by atoms with van der Waals surface area (Å²) in [6, 6.07) is 16.4. The smallest absolute Gasteiger partial charge is 0.407 e. The molecule has 2 aromatic rings. The van der Waals surface area contributed by atoms with Gasteiger partial charge in [0.25, 0.3) is 0 Å². The summed E-state index contributed by atoms with van der Waals surface area (Å²) in [7, 11) is 1.39. The lowest BCUT2D eigenvalue weighted by atomic mass is 9.58. The normalized spacial score (nSPS) is 21.8. The van der Waals surface area contributed by atoms with Crippen molar-refractivity contribution >= 4 is 12.1 Å². The second-order valence-corrected chi connectivity index (χ2v) is 8.16. The summed E-state index contributed by atoms with van der Waals surface area (Å²) in [6.07, 6.45) is 0.132. The molecule has 146 valence electrons. The van der Waals surface area contributed by atoms with E-state index in [0.29, 0.717) is 6.42 Å². The fraction of sp³-hybridized carbons (Fsp3) is 0.391. The Balaban J connectivity index is 1.40. The summed E-state index contributed by atoms with van der Waals surface area (Å²) in [5, 5.41) is 2.92. The molecule has 1 amide bonds. The van der Waals surface area contributed by atoms with Crippen LogP contribution in [0.25, 0.3) is 11.1 Å². The number of alkyl carbamates (subject to hydrolysis) is 1. The molecule has 5 nitrogen and oxygen atoms in total. The van der Waals surface area contributed by atoms with Gasteiger partial charge in [0.15, 0.2) is 0 Å². The van der Waals surface area contributed by atoms with Gasteiger partial charge >= 0.3 is 12.1 Å². The van der Waals surface area contributed by atoms with Gasteiger partial charge in [0.05, 0.1) is 13.0 Å². The lowest BCUT2D eigenvalue weighted by molar-refractivity contribution is -0.158. The minimum Gasteiger partial charge on any atom is -0.469 e. The third-order valence-electron chi connectivity index (χ3n) is 6.39. The number of methoxy groups -OCH3 is 1. The summed E-state index contributed by atoms with van der Waals surface area (Å²) in [6.45, 7) is 4.21. The first-order valence-electron chi connectivity index (χ1n) is 9.62. The minimum absolute atomic E-state index is 0.0374. The quantitative estimate of drug-likeness (QED) is 0.812. The zero-order valence-corrected chi connectivity index (χ0v) is 16.4. The van der Waals surface area contributed by atoms with Gasteiger partial charge in [-0.05, 0) is 34.1 Å². The average Bonchev–Trinajstić information content (AvgIpc) is 3.02. The Hall–Kier alpha value is -2.82. The van der Waals surface area contributed by atoms with Crippen LogP contribution < -0.4 is 5.32 Å². The first-order valence-corrected chi connectivity index (χ1v) is 9.62. The Morgan fingerprint density at radius 2 is 1.61 bits per heavy atom. The van der Waals surface area contributed by atoms with Crippen LogP contribution in [-0.4, -0.2) is 31.8 Å². The molecule has 5 heteroatoms. The number of rotatable bonds is 4.